The quantitative estimate of drug-likeness (QED) is 0.591. The number of carbonyl (C=O) groups excluding carboxylic acids is 1. The molecule has 0 aromatic heterocycles. The molecule has 0 saturated heterocycles. The van der Waals surface area contributed by atoms with Gasteiger partial charge >= 0.3 is 0 Å². The van der Waals surface area contributed by atoms with Crippen molar-refractivity contribution in [3.63, 3.8) is 0 Å². The molecule has 2 rings (SSSR count). The van der Waals surface area contributed by atoms with Crippen LogP contribution in [0.15, 0.2) is 48.5 Å². The number of hydrogen-bond acceptors (Lipinski definition) is 2. The molecule has 0 saturated carbocycles. The van der Waals surface area contributed by atoms with E-state index in [-0.39, 0.29) is 5.78 Å². The van der Waals surface area contributed by atoms with Gasteiger partial charge in [-0.3, -0.25) is 4.79 Å². The van der Waals surface area contributed by atoms with E-state index in [2.05, 4.69) is 0 Å². The number of ketones is 1. The Labute approximate surface area is 126 Å². The maximum Gasteiger partial charge on any atom is 0.186 e. The third-order valence-corrected chi connectivity index (χ3v) is 3.28. The molecule has 0 amide bonds. The van der Waals surface area contributed by atoms with Gasteiger partial charge in [0.25, 0.3) is 0 Å². The van der Waals surface area contributed by atoms with Crippen molar-refractivity contribution >= 4 is 11.9 Å². The fourth-order valence-corrected chi connectivity index (χ4v) is 2.25. The van der Waals surface area contributed by atoms with Gasteiger partial charge in [0.15, 0.2) is 5.78 Å². The van der Waals surface area contributed by atoms with E-state index in [0.29, 0.717) is 6.61 Å². The van der Waals surface area contributed by atoms with Crippen molar-refractivity contribution in [2.45, 2.75) is 20.8 Å². The number of carbonyl (C=O) groups is 1. The van der Waals surface area contributed by atoms with E-state index in [0.717, 1.165) is 28.0 Å². The van der Waals surface area contributed by atoms with Crippen molar-refractivity contribution in [2.24, 2.45) is 0 Å². The van der Waals surface area contributed by atoms with Gasteiger partial charge in [-0.05, 0) is 44.6 Å². The molecule has 0 spiro atoms. The van der Waals surface area contributed by atoms with Crippen LogP contribution < -0.4 is 4.74 Å². The molecule has 0 unspecified atom stereocenters. The summed E-state index contributed by atoms with van der Waals surface area (Å²) in [6, 6.07) is 13.6. The van der Waals surface area contributed by atoms with Gasteiger partial charge in [0.2, 0.25) is 0 Å². The van der Waals surface area contributed by atoms with Gasteiger partial charge in [0.05, 0.1) is 6.61 Å². The van der Waals surface area contributed by atoms with Crippen LogP contribution in [-0.2, 0) is 0 Å². The Balaban J connectivity index is 2.23. The van der Waals surface area contributed by atoms with Crippen LogP contribution in [0.2, 0.25) is 0 Å². The van der Waals surface area contributed by atoms with Crippen LogP contribution in [0.4, 0.5) is 0 Å². The van der Waals surface area contributed by atoms with Gasteiger partial charge in [-0.15, -0.1) is 0 Å². The molecule has 0 aliphatic carbocycles. The lowest BCUT2D eigenvalue weighted by atomic mass is 10.0. The van der Waals surface area contributed by atoms with Crippen molar-refractivity contribution in [3.8, 4) is 5.75 Å². The standard InChI is InChI=1S/C19H20O2/c1-4-21-19-8-6-5-7-16(19)10-12-18(20)17-11-9-14(2)13-15(17)3/h5-13H,4H2,1-3H3. The molecule has 2 nitrogen and oxygen atoms in total. The first-order chi connectivity index (χ1) is 10.1. The average Bonchev–Trinajstić information content (AvgIpc) is 2.46. The molecule has 0 heterocycles. The minimum absolute atomic E-state index is 0.0128. The Morgan fingerprint density at radius 2 is 1.90 bits per heavy atom. The highest BCUT2D eigenvalue weighted by molar-refractivity contribution is 6.07. The molecule has 0 aliphatic rings. The van der Waals surface area contributed by atoms with Gasteiger partial charge in [-0.1, -0.05) is 42.0 Å². The van der Waals surface area contributed by atoms with Crippen LogP contribution in [0.25, 0.3) is 6.08 Å². The highest BCUT2D eigenvalue weighted by Gasteiger charge is 2.06. The Morgan fingerprint density at radius 1 is 1.14 bits per heavy atom. The second kappa shape index (κ2) is 6.89. The summed E-state index contributed by atoms with van der Waals surface area (Å²) in [6.45, 7) is 6.54. The van der Waals surface area contributed by atoms with E-state index >= 15 is 0 Å². The molecule has 2 aromatic rings. The lowest BCUT2D eigenvalue weighted by molar-refractivity contribution is 0.104. The summed E-state index contributed by atoms with van der Waals surface area (Å²) in [5.41, 5.74) is 3.82. The van der Waals surface area contributed by atoms with Crippen LogP contribution in [0.5, 0.6) is 5.75 Å². The third kappa shape index (κ3) is 3.82. The van der Waals surface area contributed by atoms with E-state index in [1.807, 2.05) is 69.3 Å². The molecule has 0 N–H and O–H groups in total. The zero-order valence-corrected chi connectivity index (χ0v) is 12.7. The molecule has 2 aromatic carbocycles. The van der Waals surface area contributed by atoms with Gasteiger partial charge in [0.1, 0.15) is 5.75 Å². The minimum Gasteiger partial charge on any atom is -0.493 e. The topological polar surface area (TPSA) is 26.3 Å². The van der Waals surface area contributed by atoms with Crippen LogP contribution in [0.1, 0.15) is 34.0 Å². The fraction of sp³-hybridized carbons (Fsp3) is 0.211. The summed E-state index contributed by atoms with van der Waals surface area (Å²) >= 11 is 0. The zero-order valence-electron chi connectivity index (χ0n) is 12.7. The molecular weight excluding hydrogens is 260 g/mol. The summed E-state index contributed by atoms with van der Waals surface area (Å²) in [7, 11) is 0. The molecule has 0 bridgehead atoms. The molecule has 0 aliphatic heterocycles. The number of ether oxygens (including phenoxy) is 1. The molecule has 2 heteroatoms. The van der Waals surface area contributed by atoms with Gasteiger partial charge in [-0.25, -0.2) is 0 Å². The Hall–Kier alpha value is -2.35. The first-order valence-corrected chi connectivity index (χ1v) is 7.13. The lowest BCUT2D eigenvalue weighted by Gasteiger charge is -2.06. The van der Waals surface area contributed by atoms with E-state index < -0.39 is 0 Å². The van der Waals surface area contributed by atoms with Crippen LogP contribution in [-0.4, -0.2) is 12.4 Å². The zero-order chi connectivity index (χ0) is 15.2. The number of allylic oxidation sites excluding steroid dienone is 1. The number of para-hydroxylation sites is 1. The minimum atomic E-state index is 0.0128. The predicted octanol–water partition coefficient (Wildman–Crippen LogP) is 4.60. The van der Waals surface area contributed by atoms with E-state index in [1.54, 1.807) is 6.08 Å². The molecule has 0 fully saturated rings. The average molecular weight is 280 g/mol. The Kier molecular flexibility index (Phi) is 4.94. The number of hydrogen-bond donors (Lipinski definition) is 0. The van der Waals surface area contributed by atoms with Crippen LogP contribution in [0.3, 0.4) is 0 Å². The first kappa shape index (κ1) is 15.0. The Bertz CT molecular complexity index is 669. The van der Waals surface area contributed by atoms with Gasteiger partial charge in [-0.2, -0.15) is 0 Å². The monoisotopic (exact) mass is 280 g/mol. The second-order valence-corrected chi connectivity index (χ2v) is 4.99. The normalized spacial score (nSPS) is 10.8. The van der Waals surface area contributed by atoms with Gasteiger partial charge in [0, 0.05) is 11.1 Å². The summed E-state index contributed by atoms with van der Waals surface area (Å²) < 4.78 is 5.55. The molecular formula is C19H20O2. The largest absolute Gasteiger partial charge is 0.493 e. The summed E-state index contributed by atoms with van der Waals surface area (Å²) in [5, 5.41) is 0. The van der Waals surface area contributed by atoms with Crippen molar-refractivity contribution < 1.29 is 9.53 Å². The summed E-state index contributed by atoms with van der Waals surface area (Å²) in [5.74, 6) is 0.809. The van der Waals surface area contributed by atoms with Crippen molar-refractivity contribution in [3.05, 3.63) is 70.8 Å². The summed E-state index contributed by atoms with van der Waals surface area (Å²) in [6.07, 6.45) is 3.42. The summed E-state index contributed by atoms with van der Waals surface area (Å²) in [4.78, 5) is 12.3. The molecule has 108 valence electrons. The van der Waals surface area contributed by atoms with Crippen LogP contribution >= 0.6 is 0 Å². The highest BCUT2D eigenvalue weighted by Crippen LogP contribution is 2.20. The number of aryl methyl sites for hydroxylation is 2. The van der Waals surface area contributed by atoms with Gasteiger partial charge < -0.3 is 4.74 Å². The van der Waals surface area contributed by atoms with Crippen LogP contribution in [0, 0.1) is 13.8 Å². The number of benzene rings is 2. The third-order valence-electron chi connectivity index (χ3n) is 3.28. The molecule has 0 radical (unpaired) electrons. The lowest BCUT2D eigenvalue weighted by Crippen LogP contribution is -1.98. The highest BCUT2D eigenvalue weighted by atomic mass is 16.5. The smallest absolute Gasteiger partial charge is 0.186 e. The van der Waals surface area contributed by atoms with E-state index in [9.17, 15) is 4.79 Å². The molecule has 0 atom stereocenters. The SMILES string of the molecule is CCOc1ccccc1C=CC(=O)c1ccc(C)cc1C. The van der Waals surface area contributed by atoms with Crippen molar-refractivity contribution in [1.82, 2.24) is 0 Å². The molecule has 21 heavy (non-hydrogen) atoms. The predicted molar refractivity (Wildman–Crippen MR) is 86.9 cm³/mol. The van der Waals surface area contributed by atoms with E-state index in [1.165, 1.54) is 0 Å². The van der Waals surface area contributed by atoms with E-state index in [4.69, 9.17) is 4.74 Å². The maximum atomic E-state index is 12.3. The second-order valence-electron chi connectivity index (χ2n) is 4.99. The van der Waals surface area contributed by atoms with Crippen molar-refractivity contribution in [1.29, 1.82) is 0 Å². The first-order valence-electron chi connectivity index (χ1n) is 7.13. The number of rotatable bonds is 5. The fourth-order valence-electron chi connectivity index (χ4n) is 2.25. The van der Waals surface area contributed by atoms with Crippen molar-refractivity contribution in [2.75, 3.05) is 6.61 Å². The maximum absolute atomic E-state index is 12.3. The Morgan fingerprint density at radius 3 is 2.62 bits per heavy atom.